The van der Waals surface area contributed by atoms with Gasteiger partial charge in [0.2, 0.25) is 5.91 Å². The van der Waals surface area contributed by atoms with Gasteiger partial charge >= 0.3 is 12.1 Å². The monoisotopic (exact) mass is 420 g/mol. The van der Waals surface area contributed by atoms with Crippen molar-refractivity contribution < 1.29 is 22.8 Å². The van der Waals surface area contributed by atoms with Gasteiger partial charge in [0.25, 0.3) is 0 Å². The maximum absolute atomic E-state index is 12.2. The molecule has 0 saturated carbocycles. The number of halogens is 4. The zero-order valence-electron chi connectivity index (χ0n) is 13.6. The second kappa shape index (κ2) is 8.69. The predicted molar refractivity (Wildman–Crippen MR) is 90.8 cm³/mol. The molecule has 0 radical (unpaired) electrons. The summed E-state index contributed by atoms with van der Waals surface area (Å²) in [6, 6.07) is 7.79. The van der Waals surface area contributed by atoms with E-state index in [1.807, 2.05) is 29.6 Å². The second-order valence-corrected chi connectivity index (χ2v) is 7.07. The number of hydrogen-bond acceptors (Lipinski definition) is 2. The highest BCUT2D eigenvalue weighted by Gasteiger charge is 2.38. The molecule has 1 fully saturated rings. The molecule has 1 aliphatic rings. The van der Waals surface area contributed by atoms with Crippen LogP contribution in [-0.2, 0) is 16.0 Å². The first kappa shape index (κ1) is 19.8. The van der Waals surface area contributed by atoms with E-state index >= 15 is 0 Å². The standard InChI is InChI=1S/C17H20BrF3N2O2/c18-14-4-1-12(2-5-14)3-6-15(24)23-9-7-13(8-10-23)11-22-16(25)17(19,20)21/h1-2,4-5,13H,3,6-11H2,(H,22,25). The number of carbonyl (C=O) groups is 2. The molecule has 8 heteroatoms. The number of rotatable bonds is 5. The van der Waals surface area contributed by atoms with Crippen LogP contribution in [0.4, 0.5) is 13.2 Å². The van der Waals surface area contributed by atoms with Gasteiger partial charge in [0.05, 0.1) is 0 Å². The number of hydrogen-bond donors (Lipinski definition) is 1. The summed E-state index contributed by atoms with van der Waals surface area (Å²) in [6.07, 6.45) is -2.57. The van der Waals surface area contributed by atoms with Crippen LogP contribution in [0.15, 0.2) is 28.7 Å². The summed E-state index contributed by atoms with van der Waals surface area (Å²) >= 11 is 3.36. The highest BCUT2D eigenvalue weighted by Crippen LogP contribution is 2.19. The molecule has 1 heterocycles. The zero-order chi connectivity index (χ0) is 18.4. The molecule has 1 saturated heterocycles. The molecule has 25 heavy (non-hydrogen) atoms. The van der Waals surface area contributed by atoms with Crippen molar-refractivity contribution in [2.75, 3.05) is 19.6 Å². The van der Waals surface area contributed by atoms with Crippen LogP contribution < -0.4 is 5.32 Å². The third kappa shape index (κ3) is 6.34. The van der Waals surface area contributed by atoms with Gasteiger partial charge in [-0.25, -0.2) is 0 Å². The van der Waals surface area contributed by atoms with Gasteiger partial charge in [-0.1, -0.05) is 28.1 Å². The van der Waals surface area contributed by atoms with E-state index in [0.29, 0.717) is 38.8 Å². The van der Waals surface area contributed by atoms with Gasteiger partial charge in [0.1, 0.15) is 0 Å². The lowest BCUT2D eigenvalue weighted by molar-refractivity contribution is -0.173. The Morgan fingerprint density at radius 2 is 1.76 bits per heavy atom. The number of carbonyl (C=O) groups excluding carboxylic acids is 2. The van der Waals surface area contributed by atoms with Crippen molar-refractivity contribution in [1.29, 1.82) is 0 Å². The van der Waals surface area contributed by atoms with Gasteiger partial charge < -0.3 is 10.2 Å². The minimum Gasteiger partial charge on any atom is -0.348 e. The van der Waals surface area contributed by atoms with E-state index in [1.54, 1.807) is 4.90 Å². The van der Waals surface area contributed by atoms with Gasteiger partial charge in [-0.2, -0.15) is 13.2 Å². The van der Waals surface area contributed by atoms with Gasteiger partial charge in [-0.15, -0.1) is 0 Å². The molecule has 2 rings (SSSR count). The summed E-state index contributed by atoms with van der Waals surface area (Å²) in [7, 11) is 0. The summed E-state index contributed by atoms with van der Waals surface area (Å²) in [5.41, 5.74) is 1.08. The van der Waals surface area contributed by atoms with Crippen LogP contribution >= 0.6 is 15.9 Å². The Bertz CT molecular complexity index is 597. The fourth-order valence-electron chi connectivity index (χ4n) is 2.78. The molecule has 138 valence electrons. The van der Waals surface area contributed by atoms with Crippen LogP contribution in [0.1, 0.15) is 24.8 Å². The molecule has 0 atom stereocenters. The number of alkyl halides is 3. The minimum absolute atomic E-state index is 0.000727. The summed E-state index contributed by atoms with van der Waals surface area (Å²) in [5.74, 6) is -1.87. The van der Waals surface area contributed by atoms with E-state index in [1.165, 1.54) is 0 Å². The van der Waals surface area contributed by atoms with Crippen molar-refractivity contribution in [3.8, 4) is 0 Å². The predicted octanol–water partition coefficient (Wildman–Crippen LogP) is 3.30. The van der Waals surface area contributed by atoms with Crippen LogP contribution in [0.2, 0.25) is 0 Å². The SMILES string of the molecule is O=C(CCc1ccc(Br)cc1)N1CCC(CNC(=O)C(F)(F)F)CC1. The number of nitrogens with one attached hydrogen (secondary N) is 1. The minimum atomic E-state index is -4.84. The van der Waals surface area contributed by atoms with Crippen LogP contribution in [-0.4, -0.2) is 42.5 Å². The van der Waals surface area contributed by atoms with Gasteiger partial charge in [0.15, 0.2) is 0 Å². The average Bonchev–Trinajstić information content (AvgIpc) is 2.58. The summed E-state index contributed by atoms with van der Waals surface area (Å²) in [4.78, 5) is 24.8. The van der Waals surface area contributed by atoms with Gasteiger partial charge in [0, 0.05) is 30.5 Å². The molecular weight excluding hydrogens is 401 g/mol. The molecule has 2 amide bonds. The van der Waals surface area contributed by atoms with Crippen molar-refractivity contribution in [1.82, 2.24) is 10.2 Å². The maximum Gasteiger partial charge on any atom is 0.471 e. The molecule has 0 bridgehead atoms. The summed E-state index contributed by atoms with van der Waals surface area (Å²) in [6.45, 7) is 1.04. The Kier molecular flexibility index (Phi) is 6.87. The Labute approximate surface area is 152 Å². The van der Waals surface area contributed by atoms with Crippen LogP contribution in [0, 0.1) is 5.92 Å². The van der Waals surface area contributed by atoms with E-state index in [2.05, 4.69) is 15.9 Å². The van der Waals surface area contributed by atoms with E-state index in [0.717, 1.165) is 10.0 Å². The number of piperidine rings is 1. The van der Waals surface area contributed by atoms with E-state index in [-0.39, 0.29) is 18.4 Å². The van der Waals surface area contributed by atoms with E-state index in [9.17, 15) is 22.8 Å². The highest BCUT2D eigenvalue weighted by molar-refractivity contribution is 9.10. The van der Waals surface area contributed by atoms with Crippen LogP contribution in [0.25, 0.3) is 0 Å². The molecule has 0 aromatic heterocycles. The Morgan fingerprint density at radius 1 is 1.16 bits per heavy atom. The highest BCUT2D eigenvalue weighted by atomic mass is 79.9. The normalized spacial score (nSPS) is 15.9. The number of likely N-dealkylation sites (tertiary alicyclic amines) is 1. The fraction of sp³-hybridized carbons (Fsp3) is 0.529. The fourth-order valence-corrected chi connectivity index (χ4v) is 3.05. The van der Waals surface area contributed by atoms with E-state index < -0.39 is 12.1 Å². The molecule has 1 aliphatic heterocycles. The number of benzene rings is 1. The average molecular weight is 421 g/mol. The molecule has 1 aromatic rings. The van der Waals surface area contributed by atoms with Gasteiger partial charge in [-0.3, -0.25) is 9.59 Å². The molecule has 0 aliphatic carbocycles. The molecule has 0 unspecified atom stereocenters. The van der Waals surface area contributed by atoms with Crippen LogP contribution in [0.3, 0.4) is 0 Å². The van der Waals surface area contributed by atoms with E-state index in [4.69, 9.17) is 0 Å². The number of amides is 2. The lowest BCUT2D eigenvalue weighted by Crippen LogP contribution is -2.44. The smallest absolute Gasteiger partial charge is 0.348 e. The number of nitrogens with zero attached hydrogens (tertiary/aromatic N) is 1. The maximum atomic E-state index is 12.2. The Hall–Kier alpha value is -1.57. The lowest BCUT2D eigenvalue weighted by atomic mass is 9.96. The third-order valence-corrected chi connectivity index (χ3v) is 4.85. The second-order valence-electron chi connectivity index (χ2n) is 6.16. The van der Waals surface area contributed by atoms with Crippen molar-refractivity contribution in [2.24, 2.45) is 5.92 Å². The first-order valence-electron chi connectivity index (χ1n) is 8.13. The first-order valence-corrected chi connectivity index (χ1v) is 8.92. The van der Waals surface area contributed by atoms with Crippen molar-refractivity contribution in [2.45, 2.75) is 31.9 Å². The van der Waals surface area contributed by atoms with Crippen molar-refractivity contribution >= 4 is 27.7 Å². The zero-order valence-corrected chi connectivity index (χ0v) is 15.2. The quantitative estimate of drug-likeness (QED) is 0.794. The van der Waals surface area contributed by atoms with Gasteiger partial charge in [-0.05, 0) is 42.9 Å². The van der Waals surface area contributed by atoms with Crippen molar-refractivity contribution in [3.63, 3.8) is 0 Å². The third-order valence-electron chi connectivity index (χ3n) is 4.32. The molecular formula is C17H20BrF3N2O2. The number of aryl methyl sites for hydroxylation is 1. The summed E-state index contributed by atoms with van der Waals surface area (Å²) < 4.78 is 37.4. The Morgan fingerprint density at radius 3 is 2.32 bits per heavy atom. The summed E-state index contributed by atoms with van der Waals surface area (Å²) in [5, 5.41) is 1.92. The molecule has 1 N–H and O–H groups in total. The first-order chi connectivity index (χ1) is 11.8. The van der Waals surface area contributed by atoms with Crippen LogP contribution in [0.5, 0.6) is 0 Å². The van der Waals surface area contributed by atoms with Crippen molar-refractivity contribution in [3.05, 3.63) is 34.3 Å². The Balaban J connectivity index is 1.69. The largest absolute Gasteiger partial charge is 0.471 e. The lowest BCUT2D eigenvalue weighted by Gasteiger charge is -2.32. The molecule has 1 aromatic carbocycles. The molecule has 0 spiro atoms. The molecule has 4 nitrogen and oxygen atoms in total. The topological polar surface area (TPSA) is 49.4 Å².